The van der Waals surface area contributed by atoms with E-state index < -0.39 is 0 Å². The Hall–Kier alpha value is -2.96. The number of amides is 1. The van der Waals surface area contributed by atoms with Gasteiger partial charge >= 0.3 is 0 Å². The summed E-state index contributed by atoms with van der Waals surface area (Å²) in [5, 5.41) is 8.34. The number of halogens is 1. The Kier molecular flexibility index (Phi) is 6.76. The number of rotatable bonds is 9. The van der Waals surface area contributed by atoms with Gasteiger partial charge in [0.25, 0.3) is 5.91 Å². The van der Waals surface area contributed by atoms with E-state index in [1.165, 1.54) is 5.56 Å². The first-order valence-corrected chi connectivity index (χ1v) is 12.7. The van der Waals surface area contributed by atoms with Gasteiger partial charge in [0.1, 0.15) is 11.4 Å². The predicted molar refractivity (Wildman–Crippen MR) is 135 cm³/mol. The third-order valence-corrected chi connectivity index (χ3v) is 7.54. The molecule has 6 nitrogen and oxygen atoms in total. The van der Waals surface area contributed by atoms with Gasteiger partial charge < -0.3 is 10.1 Å². The first-order valence-electron chi connectivity index (χ1n) is 12.3. The monoisotopic (exact) mass is 491 g/mol. The molecular formula is C28H30ClN3O3. The third-order valence-electron chi connectivity index (χ3n) is 7.30. The SMILES string of the molecule is CCC(=O)c1cc(C(=O)NC2[C@H]3CC(OCc4ccccc4)C[C@@H]23)n([C@@H](C)c2cccc(Cl)c2)n1. The highest BCUT2D eigenvalue weighted by atomic mass is 35.5. The molecule has 2 fully saturated rings. The number of Topliss-reactive ketones (excluding diaryl/α,β-unsaturated/α-hetero) is 1. The van der Waals surface area contributed by atoms with E-state index in [9.17, 15) is 9.59 Å². The number of hydrogen-bond acceptors (Lipinski definition) is 4. The quantitative estimate of drug-likeness (QED) is 0.403. The smallest absolute Gasteiger partial charge is 0.269 e. The van der Waals surface area contributed by atoms with E-state index in [0.717, 1.165) is 18.4 Å². The maximum absolute atomic E-state index is 13.3. The van der Waals surface area contributed by atoms with Crippen molar-refractivity contribution >= 4 is 23.3 Å². The van der Waals surface area contributed by atoms with Crippen LogP contribution in [0.3, 0.4) is 0 Å². The van der Waals surface area contributed by atoms with E-state index >= 15 is 0 Å². The van der Waals surface area contributed by atoms with Gasteiger partial charge in [0, 0.05) is 23.6 Å². The van der Waals surface area contributed by atoms with Crippen molar-refractivity contribution in [2.45, 2.75) is 57.9 Å². The Labute approximate surface area is 210 Å². The summed E-state index contributed by atoms with van der Waals surface area (Å²) >= 11 is 6.18. The van der Waals surface area contributed by atoms with E-state index in [1.807, 2.05) is 49.4 Å². The van der Waals surface area contributed by atoms with Crippen LogP contribution in [0, 0.1) is 11.8 Å². The predicted octanol–water partition coefficient (Wildman–Crippen LogP) is 5.46. The number of aromatic nitrogens is 2. The Morgan fingerprint density at radius 2 is 1.86 bits per heavy atom. The van der Waals surface area contributed by atoms with Gasteiger partial charge in [0.15, 0.2) is 5.78 Å². The molecule has 2 aliphatic carbocycles. The number of fused-ring (bicyclic) bond motifs is 1. The number of nitrogens with one attached hydrogen (secondary N) is 1. The molecule has 2 unspecified atom stereocenters. The molecule has 35 heavy (non-hydrogen) atoms. The van der Waals surface area contributed by atoms with E-state index in [-0.39, 0.29) is 29.9 Å². The molecule has 1 amide bonds. The Morgan fingerprint density at radius 3 is 2.54 bits per heavy atom. The van der Waals surface area contributed by atoms with Gasteiger partial charge in [-0.05, 0) is 54.9 Å². The van der Waals surface area contributed by atoms with Crippen LogP contribution < -0.4 is 5.32 Å². The van der Waals surface area contributed by atoms with Gasteiger partial charge in [0.05, 0.1) is 18.8 Å². The first-order chi connectivity index (χ1) is 16.9. The summed E-state index contributed by atoms with van der Waals surface area (Å²) in [6.07, 6.45) is 2.49. The van der Waals surface area contributed by atoms with Crippen LogP contribution in [-0.4, -0.2) is 33.6 Å². The van der Waals surface area contributed by atoms with Gasteiger partial charge in [-0.3, -0.25) is 14.3 Å². The lowest BCUT2D eigenvalue weighted by molar-refractivity contribution is 0.0353. The second-order valence-corrected chi connectivity index (χ2v) is 10.0. The molecule has 0 bridgehead atoms. The van der Waals surface area contributed by atoms with Crippen LogP contribution in [0.25, 0.3) is 0 Å². The molecule has 0 aliphatic heterocycles. The Morgan fingerprint density at radius 1 is 1.11 bits per heavy atom. The first kappa shape index (κ1) is 23.8. The molecule has 5 rings (SSSR count). The van der Waals surface area contributed by atoms with Crippen molar-refractivity contribution in [3.8, 4) is 0 Å². The normalized spacial score (nSPS) is 23.5. The highest BCUT2D eigenvalue weighted by Crippen LogP contribution is 2.53. The number of ketones is 1. The minimum Gasteiger partial charge on any atom is -0.374 e. The van der Waals surface area contributed by atoms with Crippen LogP contribution in [0.5, 0.6) is 0 Å². The van der Waals surface area contributed by atoms with Crippen molar-refractivity contribution in [1.82, 2.24) is 15.1 Å². The second kappa shape index (κ2) is 9.96. The Bertz CT molecular complexity index is 1210. The lowest BCUT2D eigenvalue weighted by Gasteiger charge is -2.18. The number of nitrogens with zero attached hydrogens (tertiary/aromatic N) is 2. The largest absolute Gasteiger partial charge is 0.374 e. The molecule has 3 aromatic rings. The molecule has 0 spiro atoms. The standard InChI is InChI=1S/C28H30ClN3O3/c1-3-26(33)24-15-25(32(31-24)17(2)19-10-7-11-20(29)12-19)28(34)30-27-22-13-21(14-23(22)27)35-16-18-8-5-4-6-9-18/h4-12,15,17,21-23,27H,3,13-14,16H2,1-2H3,(H,30,34)/t17-,21?,22-,23+,27?/m0/s1. The molecule has 7 heteroatoms. The fourth-order valence-corrected chi connectivity index (χ4v) is 5.44. The molecule has 2 aromatic carbocycles. The van der Waals surface area contributed by atoms with Gasteiger partial charge in [-0.25, -0.2) is 0 Å². The van der Waals surface area contributed by atoms with Crippen LogP contribution in [0.4, 0.5) is 0 Å². The van der Waals surface area contributed by atoms with Crippen LogP contribution in [0.2, 0.25) is 5.02 Å². The minimum atomic E-state index is -0.248. The van der Waals surface area contributed by atoms with Gasteiger partial charge in [-0.2, -0.15) is 5.10 Å². The van der Waals surface area contributed by atoms with Crippen LogP contribution in [-0.2, 0) is 11.3 Å². The van der Waals surface area contributed by atoms with Crippen molar-refractivity contribution in [3.05, 3.63) is 88.2 Å². The maximum atomic E-state index is 13.3. The zero-order valence-electron chi connectivity index (χ0n) is 20.0. The van der Waals surface area contributed by atoms with Crippen LogP contribution in [0.15, 0.2) is 60.7 Å². The molecule has 2 saturated carbocycles. The zero-order valence-corrected chi connectivity index (χ0v) is 20.7. The summed E-state index contributed by atoms with van der Waals surface area (Å²) in [4.78, 5) is 25.7. The van der Waals surface area contributed by atoms with Crippen LogP contribution in [0.1, 0.15) is 71.3 Å². The number of hydrogen-bond donors (Lipinski definition) is 1. The lowest BCUT2D eigenvalue weighted by Crippen LogP contribution is -2.32. The van der Waals surface area contributed by atoms with E-state index in [2.05, 4.69) is 22.5 Å². The molecule has 0 radical (unpaired) electrons. The molecule has 5 atom stereocenters. The van der Waals surface area contributed by atoms with E-state index in [0.29, 0.717) is 41.3 Å². The van der Waals surface area contributed by atoms with Crippen molar-refractivity contribution < 1.29 is 14.3 Å². The van der Waals surface area contributed by atoms with Crippen molar-refractivity contribution in [1.29, 1.82) is 0 Å². The van der Waals surface area contributed by atoms with Crippen molar-refractivity contribution in [3.63, 3.8) is 0 Å². The van der Waals surface area contributed by atoms with Gasteiger partial charge in [-0.15, -0.1) is 0 Å². The molecule has 1 heterocycles. The molecule has 1 N–H and O–H groups in total. The molecule has 0 saturated heterocycles. The Balaban J connectivity index is 1.24. The second-order valence-electron chi connectivity index (χ2n) is 9.58. The average Bonchev–Trinajstić information content (AvgIpc) is 3.23. The number of ether oxygens (including phenoxy) is 1. The van der Waals surface area contributed by atoms with Crippen molar-refractivity contribution in [2.24, 2.45) is 11.8 Å². The zero-order chi connectivity index (χ0) is 24.5. The van der Waals surface area contributed by atoms with E-state index in [1.54, 1.807) is 17.7 Å². The summed E-state index contributed by atoms with van der Waals surface area (Å²) in [7, 11) is 0. The molecule has 182 valence electrons. The lowest BCUT2D eigenvalue weighted by atomic mass is 10.1. The highest BCUT2D eigenvalue weighted by Gasteiger charge is 2.57. The number of benzene rings is 2. The summed E-state index contributed by atoms with van der Waals surface area (Å²) in [5.41, 5.74) is 2.82. The molecule has 1 aromatic heterocycles. The van der Waals surface area contributed by atoms with E-state index in [4.69, 9.17) is 16.3 Å². The third kappa shape index (κ3) is 5.04. The maximum Gasteiger partial charge on any atom is 0.269 e. The highest BCUT2D eigenvalue weighted by molar-refractivity contribution is 6.30. The molecule has 2 aliphatic rings. The summed E-state index contributed by atoms with van der Waals surface area (Å²) in [6.45, 7) is 4.37. The average molecular weight is 492 g/mol. The number of carbonyl (C=O) groups excluding carboxylic acids is 2. The topological polar surface area (TPSA) is 73.2 Å². The molecular weight excluding hydrogens is 462 g/mol. The van der Waals surface area contributed by atoms with Crippen molar-refractivity contribution in [2.75, 3.05) is 0 Å². The minimum absolute atomic E-state index is 0.0854. The summed E-state index contributed by atoms with van der Waals surface area (Å²) < 4.78 is 7.75. The fraction of sp³-hybridized carbons (Fsp3) is 0.393. The fourth-order valence-electron chi connectivity index (χ4n) is 5.24. The van der Waals surface area contributed by atoms with Gasteiger partial charge in [-0.1, -0.05) is 61.0 Å². The summed E-state index contributed by atoms with van der Waals surface area (Å²) in [6, 6.07) is 19.2. The van der Waals surface area contributed by atoms with Crippen LogP contribution >= 0.6 is 11.6 Å². The summed E-state index contributed by atoms with van der Waals surface area (Å²) in [5.74, 6) is 0.608. The number of carbonyl (C=O) groups is 2. The van der Waals surface area contributed by atoms with Gasteiger partial charge in [0.2, 0.25) is 0 Å².